The van der Waals surface area contributed by atoms with Gasteiger partial charge in [0.15, 0.2) is 5.82 Å². The van der Waals surface area contributed by atoms with Crippen LogP contribution in [0.3, 0.4) is 0 Å². The van der Waals surface area contributed by atoms with Crippen molar-refractivity contribution in [3.8, 4) is 11.4 Å². The maximum absolute atomic E-state index is 12.9. The standard InChI is InChI=1S/C24H20ClN5O/c1-17-4-6-19(7-5-17)15-27-24-28-23(20-3-2-14-26-16-20)29-30(24)22(31)13-10-18-8-11-21(25)12-9-18/h2-14,16H,15H2,1H3,(H,27,28,29). The van der Waals surface area contributed by atoms with E-state index in [9.17, 15) is 4.79 Å². The number of halogens is 1. The fourth-order valence-electron chi connectivity index (χ4n) is 2.90. The van der Waals surface area contributed by atoms with Crippen LogP contribution in [0, 0.1) is 6.92 Å². The highest BCUT2D eigenvalue weighted by Crippen LogP contribution is 2.18. The molecule has 1 N–H and O–H groups in total. The van der Waals surface area contributed by atoms with Crippen molar-refractivity contribution < 1.29 is 4.79 Å². The molecule has 7 heteroatoms. The maximum atomic E-state index is 12.9. The lowest BCUT2D eigenvalue weighted by Crippen LogP contribution is -2.14. The van der Waals surface area contributed by atoms with Crippen molar-refractivity contribution in [3.63, 3.8) is 0 Å². The minimum Gasteiger partial charge on any atom is -0.350 e. The molecule has 0 amide bonds. The van der Waals surface area contributed by atoms with Crippen molar-refractivity contribution in [2.45, 2.75) is 13.5 Å². The van der Waals surface area contributed by atoms with E-state index in [1.54, 1.807) is 36.7 Å². The van der Waals surface area contributed by atoms with Crippen LogP contribution < -0.4 is 5.32 Å². The Labute approximate surface area is 185 Å². The van der Waals surface area contributed by atoms with Gasteiger partial charge in [0.1, 0.15) is 0 Å². The maximum Gasteiger partial charge on any atom is 0.274 e. The van der Waals surface area contributed by atoms with E-state index in [1.807, 2.05) is 49.4 Å². The molecule has 6 nitrogen and oxygen atoms in total. The van der Waals surface area contributed by atoms with Crippen LogP contribution in [0.1, 0.15) is 21.5 Å². The summed E-state index contributed by atoms with van der Waals surface area (Å²) in [6.45, 7) is 2.55. The molecule has 0 aliphatic rings. The van der Waals surface area contributed by atoms with Crippen LogP contribution in [0.15, 0.2) is 79.1 Å². The number of pyridine rings is 1. The fourth-order valence-corrected chi connectivity index (χ4v) is 3.02. The Bertz CT molecular complexity index is 1200. The third-order valence-electron chi connectivity index (χ3n) is 4.60. The van der Waals surface area contributed by atoms with Gasteiger partial charge in [-0.2, -0.15) is 9.67 Å². The van der Waals surface area contributed by atoms with Gasteiger partial charge in [0, 0.05) is 35.6 Å². The van der Waals surface area contributed by atoms with Crippen LogP contribution in [0.4, 0.5) is 5.95 Å². The lowest BCUT2D eigenvalue weighted by atomic mass is 10.1. The van der Waals surface area contributed by atoms with Gasteiger partial charge >= 0.3 is 0 Å². The lowest BCUT2D eigenvalue weighted by Gasteiger charge is -2.06. The summed E-state index contributed by atoms with van der Waals surface area (Å²) < 4.78 is 1.27. The summed E-state index contributed by atoms with van der Waals surface area (Å²) in [6.07, 6.45) is 6.52. The highest BCUT2D eigenvalue weighted by Gasteiger charge is 2.15. The Morgan fingerprint density at radius 1 is 1.10 bits per heavy atom. The van der Waals surface area contributed by atoms with Crippen molar-refractivity contribution in [2.75, 3.05) is 5.32 Å². The molecule has 0 radical (unpaired) electrons. The fraction of sp³-hybridized carbons (Fsp3) is 0.0833. The molecule has 0 saturated carbocycles. The predicted molar refractivity (Wildman–Crippen MR) is 123 cm³/mol. The number of allylic oxidation sites excluding steroid dienone is 1. The van der Waals surface area contributed by atoms with Crippen molar-refractivity contribution in [1.82, 2.24) is 19.7 Å². The van der Waals surface area contributed by atoms with Crippen LogP contribution in [-0.2, 0) is 6.54 Å². The first-order valence-corrected chi connectivity index (χ1v) is 10.1. The summed E-state index contributed by atoms with van der Waals surface area (Å²) in [4.78, 5) is 21.5. The molecule has 0 unspecified atom stereocenters. The number of rotatable bonds is 6. The number of hydrogen-bond acceptors (Lipinski definition) is 5. The molecular formula is C24H20ClN5O. The Hall–Kier alpha value is -3.77. The van der Waals surface area contributed by atoms with E-state index in [2.05, 4.69) is 20.4 Å². The summed E-state index contributed by atoms with van der Waals surface area (Å²) in [6, 6.07) is 19.0. The van der Waals surface area contributed by atoms with E-state index >= 15 is 0 Å². The summed E-state index contributed by atoms with van der Waals surface area (Å²) >= 11 is 5.92. The number of carbonyl (C=O) groups is 1. The quantitative estimate of drug-likeness (QED) is 0.423. The number of anilines is 1. The Morgan fingerprint density at radius 3 is 2.58 bits per heavy atom. The van der Waals surface area contributed by atoms with Crippen LogP contribution in [0.2, 0.25) is 5.02 Å². The van der Waals surface area contributed by atoms with Crippen molar-refractivity contribution >= 4 is 29.5 Å². The molecule has 0 atom stereocenters. The third-order valence-corrected chi connectivity index (χ3v) is 4.85. The lowest BCUT2D eigenvalue weighted by molar-refractivity contribution is 0.0957. The molecule has 2 aromatic carbocycles. The third kappa shape index (κ3) is 5.24. The molecule has 0 bridgehead atoms. The summed E-state index contributed by atoms with van der Waals surface area (Å²) in [5, 5.41) is 8.28. The number of hydrogen-bond donors (Lipinski definition) is 1. The predicted octanol–water partition coefficient (Wildman–Crippen LogP) is 5.27. The second-order valence-electron chi connectivity index (χ2n) is 6.97. The van der Waals surface area contributed by atoms with Gasteiger partial charge in [-0.25, -0.2) is 0 Å². The van der Waals surface area contributed by atoms with E-state index in [0.717, 1.165) is 16.7 Å². The first-order chi connectivity index (χ1) is 15.1. The molecule has 4 aromatic rings. The van der Waals surface area contributed by atoms with Gasteiger partial charge in [-0.05, 0) is 48.4 Å². The second-order valence-corrected chi connectivity index (χ2v) is 7.41. The van der Waals surface area contributed by atoms with Crippen LogP contribution in [-0.4, -0.2) is 25.7 Å². The smallest absolute Gasteiger partial charge is 0.274 e. The monoisotopic (exact) mass is 429 g/mol. The minimum atomic E-state index is -0.316. The van der Waals surface area contributed by atoms with Gasteiger partial charge in [0.2, 0.25) is 5.95 Å². The zero-order valence-electron chi connectivity index (χ0n) is 16.9. The minimum absolute atomic E-state index is 0.316. The molecule has 2 aromatic heterocycles. The van der Waals surface area contributed by atoms with Crippen molar-refractivity contribution in [2.24, 2.45) is 0 Å². The number of carbonyl (C=O) groups excluding carboxylic acids is 1. The molecular weight excluding hydrogens is 410 g/mol. The number of benzene rings is 2. The molecule has 4 rings (SSSR count). The van der Waals surface area contributed by atoms with Gasteiger partial charge in [0.05, 0.1) is 0 Å². The second kappa shape index (κ2) is 9.36. The Balaban J connectivity index is 1.60. The van der Waals surface area contributed by atoms with Crippen molar-refractivity contribution in [3.05, 3.63) is 101 Å². The first-order valence-electron chi connectivity index (χ1n) is 9.73. The highest BCUT2D eigenvalue weighted by molar-refractivity contribution is 6.30. The number of nitrogens with zero attached hydrogens (tertiary/aromatic N) is 4. The molecule has 2 heterocycles. The summed E-state index contributed by atoms with van der Waals surface area (Å²) in [5.41, 5.74) is 3.86. The van der Waals surface area contributed by atoms with E-state index in [1.165, 1.54) is 16.3 Å². The topological polar surface area (TPSA) is 72.7 Å². The molecule has 0 spiro atoms. The molecule has 0 aliphatic carbocycles. The normalized spacial score (nSPS) is 11.0. The van der Waals surface area contributed by atoms with E-state index in [-0.39, 0.29) is 5.91 Å². The molecule has 154 valence electrons. The molecule has 0 saturated heterocycles. The van der Waals surface area contributed by atoms with Crippen LogP contribution in [0.25, 0.3) is 17.5 Å². The van der Waals surface area contributed by atoms with E-state index < -0.39 is 0 Å². The van der Waals surface area contributed by atoms with Gasteiger partial charge in [-0.15, -0.1) is 5.10 Å². The average molecular weight is 430 g/mol. The van der Waals surface area contributed by atoms with Gasteiger partial charge in [0.25, 0.3) is 5.91 Å². The zero-order chi connectivity index (χ0) is 21.6. The van der Waals surface area contributed by atoms with Gasteiger partial charge < -0.3 is 5.32 Å². The van der Waals surface area contributed by atoms with Gasteiger partial charge in [-0.1, -0.05) is 53.6 Å². The van der Waals surface area contributed by atoms with Gasteiger partial charge in [-0.3, -0.25) is 9.78 Å². The number of aromatic nitrogens is 4. The first kappa shape index (κ1) is 20.5. The van der Waals surface area contributed by atoms with Crippen LogP contribution >= 0.6 is 11.6 Å². The Kier molecular flexibility index (Phi) is 6.19. The highest BCUT2D eigenvalue weighted by atomic mass is 35.5. The summed E-state index contributed by atoms with van der Waals surface area (Å²) in [7, 11) is 0. The SMILES string of the molecule is Cc1ccc(CNc2nc(-c3cccnc3)nn2C(=O)C=Cc2ccc(Cl)cc2)cc1. The molecule has 31 heavy (non-hydrogen) atoms. The number of nitrogens with one attached hydrogen (secondary N) is 1. The van der Waals surface area contributed by atoms with E-state index in [4.69, 9.17) is 11.6 Å². The van der Waals surface area contributed by atoms with Crippen LogP contribution in [0.5, 0.6) is 0 Å². The Morgan fingerprint density at radius 2 is 1.87 bits per heavy atom. The molecule has 0 fully saturated rings. The van der Waals surface area contributed by atoms with Crippen molar-refractivity contribution in [1.29, 1.82) is 0 Å². The zero-order valence-corrected chi connectivity index (χ0v) is 17.6. The average Bonchev–Trinajstić information content (AvgIpc) is 3.23. The largest absolute Gasteiger partial charge is 0.350 e. The van der Waals surface area contributed by atoms with E-state index in [0.29, 0.717) is 23.3 Å². The number of aryl methyl sites for hydroxylation is 1. The summed E-state index contributed by atoms with van der Waals surface area (Å²) in [5.74, 6) is 0.474. The molecule has 0 aliphatic heterocycles.